The molecule has 1 heterocycles. The van der Waals surface area contributed by atoms with E-state index in [1.54, 1.807) is 20.0 Å². The van der Waals surface area contributed by atoms with E-state index in [2.05, 4.69) is 52.8 Å². The first-order valence-electron chi connectivity index (χ1n) is 32.3. The van der Waals surface area contributed by atoms with Gasteiger partial charge in [-0.3, -0.25) is 43.2 Å². The second-order valence-corrected chi connectivity index (χ2v) is 26.2. The van der Waals surface area contributed by atoms with Crippen molar-refractivity contribution in [3.63, 3.8) is 0 Å². The van der Waals surface area contributed by atoms with Gasteiger partial charge in [-0.15, -0.1) is 0 Å². The molecule has 2 aromatic rings. The molecule has 19 N–H and O–H groups in total. The first kappa shape index (κ1) is 78.4. The summed E-state index contributed by atoms with van der Waals surface area (Å²) in [4.78, 5) is 143. The molecule has 25 heteroatoms. The summed E-state index contributed by atoms with van der Waals surface area (Å²) in [6.07, 6.45) is 5.98. The summed E-state index contributed by atoms with van der Waals surface area (Å²) in [6, 6.07) is -4.12. The average molecular weight is 1250 g/mol. The number of H-pyrrole nitrogens is 1. The van der Waals surface area contributed by atoms with E-state index in [1.165, 1.54) is 0 Å². The van der Waals surface area contributed by atoms with Crippen LogP contribution in [0.3, 0.4) is 0 Å². The summed E-state index contributed by atoms with van der Waals surface area (Å²) in [5, 5.41) is 35.8. The number of carbonyl (C=O) groups excluding carboxylic acids is 9. The minimum atomic E-state index is -1.23. The summed E-state index contributed by atoms with van der Waals surface area (Å²) < 4.78 is 0. The number of benzene rings is 1. The zero-order valence-electron chi connectivity index (χ0n) is 55.2. The third-order valence-corrected chi connectivity index (χ3v) is 15.1. The molecule has 0 radical (unpaired) electrons. The van der Waals surface area contributed by atoms with E-state index < -0.39 is 125 Å². The van der Waals surface area contributed by atoms with Crippen molar-refractivity contribution in [3.05, 3.63) is 36.0 Å². The molecular formula is C64H112N14O11. The molecule has 2 rings (SSSR count). The van der Waals surface area contributed by atoms with E-state index in [-0.39, 0.29) is 81.0 Å². The maximum Gasteiger partial charge on any atom is 0.326 e. The van der Waals surface area contributed by atoms with Crippen LogP contribution in [-0.4, -0.2) is 149 Å². The lowest BCUT2D eigenvalue weighted by molar-refractivity contribution is -0.142. The summed E-state index contributed by atoms with van der Waals surface area (Å²) in [6.45, 7) is 23.0. The molecule has 0 fully saturated rings. The number of carbonyl (C=O) groups is 10. The summed E-state index contributed by atoms with van der Waals surface area (Å²) in [7, 11) is 0. The Morgan fingerprint density at radius 2 is 0.730 bits per heavy atom. The molecule has 0 aliphatic heterocycles. The molecule has 1 aromatic heterocycles. The van der Waals surface area contributed by atoms with Crippen molar-refractivity contribution in [2.45, 2.75) is 240 Å². The highest BCUT2D eigenvalue weighted by molar-refractivity contribution is 5.99. The number of hydrogen-bond donors (Lipinski definition) is 15. The molecule has 0 aliphatic carbocycles. The maximum atomic E-state index is 14.6. The number of amides is 9. The topological polar surface area (TPSA) is 419 Å². The van der Waals surface area contributed by atoms with Gasteiger partial charge in [0.15, 0.2) is 0 Å². The van der Waals surface area contributed by atoms with Crippen LogP contribution in [0.1, 0.15) is 179 Å². The van der Waals surface area contributed by atoms with Crippen molar-refractivity contribution in [2.75, 3.05) is 19.6 Å². The van der Waals surface area contributed by atoms with Crippen LogP contribution in [0.15, 0.2) is 30.5 Å². The molecule has 0 unspecified atom stereocenters. The van der Waals surface area contributed by atoms with Gasteiger partial charge in [0.1, 0.15) is 54.4 Å². The molecule has 0 saturated heterocycles. The molecule has 0 aliphatic rings. The number of hydrogen-bond acceptors (Lipinski definition) is 14. The van der Waals surface area contributed by atoms with Crippen molar-refractivity contribution in [1.29, 1.82) is 0 Å². The highest BCUT2D eigenvalue weighted by atomic mass is 16.4. The lowest BCUT2D eigenvalue weighted by Crippen LogP contribution is -2.61. The third-order valence-electron chi connectivity index (χ3n) is 15.1. The molecule has 89 heavy (non-hydrogen) atoms. The largest absolute Gasteiger partial charge is 0.480 e. The number of unbranched alkanes of at least 4 members (excludes halogenated alkanes) is 3. The number of fused-ring (bicyclic) bond motifs is 1. The van der Waals surface area contributed by atoms with Crippen LogP contribution in [-0.2, 0) is 54.4 Å². The number of aromatic nitrogens is 1. The van der Waals surface area contributed by atoms with Crippen molar-refractivity contribution in [1.82, 2.24) is 52.8 Å². The Hall–Kier alpha value is -6.70. The Bertz CT molecular complexity index is 2560. The van der Waals surface area contributed by atoms with E-state index >= 15 is 0 Å². The molecule has 0 spiro atoms. The van der Waals surface area contributed by atoms with Crippen molar-refractivity contribution < 1.29 is 53.1 Å². The van der Waals surface area contributed by atoms with Gasteiger partial charge in [-0.1, -0.05) is 101 Å². The van der Waals surface area contributed by atoms with Crippen molar-refractivity contribution in [2.24, 2.45) is 58.4 Å². The van der Waals surface area contributed by atoms with Crippen LogP contribution in [0.4, 0.5) is 0 Å². The normalized spacial score (nSPS) is 15.1. The lowest BCUT2D eigenvalue weighted by Gasteiger charge is -2.30. The van der Waals surface area contributed by atoms with Gasteiger partial charge in [-0.25, -0.2) is 4.79 Å². The number of rotatable bonds is 44. The number of aliphatic carboxylic acids is 1. The van der Waals surface area contributed by atoms with E-state index in [0.29, 0.717) is 64.6 Å². The quantitative estimate of drug-likeness (QED) is 0.0424. The molecule has 504 valence electrons. The number of aromatic amines is 1. The fourth-order valence-corrected chi connectivity index (χ4v) is 10.4. The summed E-state index contributed by atoms with van der Waals surface area (Å²) in [5.41, 5.74) is 25.2. The van der Waals surface area contributed by atoms with Crippen LogP contribution in [0.2, 0.25) is 0 Å². The Labute approximate surface area is 527 Å². The Morgan fingerprint density at radius 3 is 1.11 bits per heavy atom. The smallest absolute Gasteiger partial charge is 0.326 e. The number of nitrogens with two attached hydrogens (primary N) is 4. The highest BCUT2D eigenvalue weighted by Crippen LogP contribution is 2.21. The molecule has 9 amide bonds. The van der Waals surface area contributed by atoms with Gasteiger partial charge in [-0.2, -0.15) is 0 Å². The lowest BCUT2D eigenvalue weighted by atomic mass is 9.97. The number of nitrogens with one attached hydrogen (secondary N) is 10. The average Bonchev–Trinajstić information content (AvgIpc) is 2.37. The van der Waals surface area contributed by atoms with E-state index in [1.807, 2.05) is 93.5 Å². The van der Waals surface area contributed by atoms with E-state index in [9.17, 15) is 53.1 Å². The van der Waals surface area contributed by atoms with Crippen LogP contribution < -0.4 is 70.8 Å². The van der Waals surface area contributed by atoms with Gasteiger partial charge >= 0.3 is 5.97 Å². The SMILES string of the molecule is CC(C)C[C@H](NC(=O)[C@H](CC(C)C)NC(=O)[C@H](CCCCN)NC(=O)[C@H](Cc1c[nH]c2ccccc12)NC(=O)[C@@H](N)CC(C)C)C(=O)N[C@@H](CC(C)C)C(=O)N[C@@H](CCCCN)C(=O)N[C@H](C(=O)N[C@@H](CC(C)C)C(=O)N[C@@H](CCCCN)C(=O)O)C(C)C. The summed E-state index contributed by atoms with van der Waals surface area (Å²) >= 11 is 0. The van der Waals surface area contributed by atoms with Gasteiger partial charge in [0.2, 0.25) is 53.2 Å². The van der Waals surface area contributed by atoms with Gasteiger partial charge in [0, 0.05) is 23.5 Å². The summed E-state index contributed by atoms with van der Waals surface area (Å²) in [5.74, 6) is -8.27. The predicted octanol–water partition coefficient (Wildman–Crippen LogP) is 2.76. The minimum absolute atomic E-state index is 0.0643. The van der Waals surface area contributed by atoms with Crippen LogP contribution >= 0.6 is 0 Å². The molecular weight excluding hydrogens is 1140 g/mol. The molecule has 10 atom stereocenters. The zero-order chi connectivity index (χ0) is 67.1. The zero-order valence-corrected chi connectivity index (χ0v) is 55.2. The van der Waals surface area contributed by atoms with E-state index in [4.69, 9.17) is 22.9 Å². The first-order chi connectivity index (χ1) is 41.9. The second kappa shape index (κ2) is 40.8. The number of para-hydroxylation sites is 1. The van der Waals surface area contributed by atoms with Crippen molar-refractivity contribution in [3.8, 4) is 0 Å². The molecule has 0 saturated carbocycles. The number of carboxylic acid groups (broad SMARTS) is 1. The standard InChI is InChI=1S/C64H112N14O11/c1-36(2)29-44(68)55(79)73-53(34-42-35-69-45-22-14-13-21-43(42)45)62(86)70-46(23-15-18-26-65)56(80)74-50(31-38(5)6)60(84)76-51(32-39(7)8)61(85)75-49(30-37(3)4)58(82)71-47(24-16-19-27-66)57(81)78-54(41(11)12)63(87)77-52(33-40(9)10)59(83)72-48(64(88)89)25-17-20-28-67/h13-14,21-22,35-41,44,46-54,69H,15-20,23-34,65-68H2,1-12H3,(H,70,86)(H,71,82)(H,72,83)(H,73,79)(H,74,80)(H,75,85)(H,76,84)(H,77,87)(H,78,81)(H,88,89)/t44-,46-,47-,48-,49-,50-,51-,52-,53-,54-/m0/s1. The Kier molecular flexibility index (Phi) is 36.0. The monoisotopic (exact) mass is 1250 g/mol. The fraction of sp³-hybridized carbons (Fsp3) is 0.719. The van der Waals surface area contributed by atoms with Gasteiger partial charge in [0.25, 0.3) is 0 Å². The molecule has 25 nitrogen and oxygen atoms in total. The molecule has 1 aromatic carbocycles. The van der Waals surface area contributed by atoms with Gasteiger partial charge in [0.05, 0.1) is 6.04 Å². The van der Waals surface area contributed by atoms with Crippen molar-refractivity contribution >= 4 is 70.0 Å². The van der Waals surface area contributed by atoms with Crippen LogP contribution in [0.5, 0.6) is 0 Å². The second-order valence-electron chi connectivity index (χ2n) is 26.2. The molecule has 0 bridgehead atoms. The minimum Gasteiger partial charge on any atom is -0.480 e. The van der Waals surface area contributed by atoms with Gasteiger partial charge < -0.3 is 80.9 Å². The Morgan fingerprint density at radius 1 is 0.404 bits per heavy atom. The third kappa shape index (κ3) is 29.2. The van der Waals surface area contributed by atoms with Crippen LogP contribution in [0, 0.1) is 35.5 Å². The predicted molar refractivity (Wildman–Crippen MR) is 346 cm³/mol. The number of carboxylic acids is 1. The first-order valence-corrected chi connectivity index (χ1v) is 32.3. The van der Waals surface area contributed by atoms with E-state index in [0.717, 1.165) is 16.5 Å². The van der Waals surface area contributed by atoms with Crippen LogP contribution in [0.25, 0.3) is 10.9 Å². The Balaban J connectivity index is 2.46. The van der Waals surface area contributed by atoms with Gasteiger partial charge in [-0.05, 0) is 157 Å². The maximum absolute atomic E-state index is 14.6. The fourth-order valence-electron chi connectivity index (χ4n) is 10.4. The highest BCUT2D eigenvalue weighted by Gasteiger charge is 2.37.